The average Bonchev–Trinajstić information content (AvgIpc) is 1.85. The largest absolute Gasteiger partial charge is 0.292 e. The van der Waals surface area contributed by atoms with Crippen LogP contribution < -0.4 is 10.9 Å². The molecule has 0 heterocycles. The van der Waals surface area contributed by atoms with Crippen LogP contribution >= 0.6 is 0 Å². The van der Waals surface area contributed by atoms with Gasteiger partial charge in [0.25, 0.3) is 0 Å². The van der Waals surface area contributed by atoms with Gasteiger partial charge in [-0.25, -0.2) is 5.43 Å². The highest BCUT2D eigenvalue weighted by Gasteiger charge is 1.93. The van der Waals surface area contributed by atoms with Crippen molar-refractivity contribution in [2.24, 2.45) is 0 Å². The lowest BCUT2D eigenvalue weighted by molar-refractivity contribution is -0.121. The van der Waals surface area contributed by atoms with E-state index in [4.69, 9.17) is 0 Å². The summed E-state index contributed by atoms with van der Waals surface area (Å²) >= 11 is 0. The third-order valence-corrected chi connectivity index (χ3v) is 0.840. The second kappa shape index (κ2) is 5.31. The number of hydrazine groups is 1. The third-order valence-electron chi connectivity index (χ3n) is 0.840. The Morgan fingerprint density at radius 1 is 1.78 bits per heavy atom. The second-order valence-electron chi connectivity index (χ2n) is 1.63. The molecule has 9 heavy (non-hydrogen) atoms. The van der Waals surface area contributed by atoms with Crippen molar-refractivity contribution in [2.45, 2.75) is 12.8 Å². The Morgan fingerprint density at radius 3 is 2.89 bits per heavy atom. The predicted molar refractivity (Wildman–Crippen MR) is 36.6 cm³/mol. The summed E-state index contributed by atoms with van der Waals surface area (Å²) in [6.45, 7) is 3.49. The first-order valence-electron chi connectivity index (χ1n) is 2.87. The first kappa shape index (κ1) is 8.17. The van der Waals surface area contributed by atoms with Gasteiger partial charge in [-0.1, -0.05) is 6.08 Å². The predicted octanol–water partition coefficient (Wildman–Crippen LogP) is 0.203. The molecule has 0 aromatic heterocycles. The SMILES string of the molecule is C=CCCC(=O)NNC. The van der Waals surface area contributed by atoms with Crippen molar-refractivity contribution in [3.8, 4) is 0 Å². The molecule has 0 aliphatic heterocycles. The molecule has 0 spiro atoms. The maximum atomic E-state index is 10.6. The molecule has 0 aliphatic carbocycles. The molecule has 0 fully saturated rings. The fourth-order valence-corrected chi connectivity index (χ4v) is 0.435. The smallest absolute Gasteiger partial charge is 0.234 e. The minimum absolute atomic E-state index is 0.00241. The Hall–Kier alpha value is -0.830. The Labute approximate surface area is 55.1 Å². The van der Waals surface area contributed by atoms with Gasteiger partial charge in [0, 0.05) is 13.5 Å². The van der Waals surface area contributed by atoms with Crippen molar-refractivity contribution in [2.75, 3.05) is 7.05 Å². The molecule has 0 saturated carbocycles. The van der Waals surface area contributed by atoms with Crippen molar-refractivity contribution in [3.05, 3.63) is 12.7 Å². The third kappa shape index (κ3) is 5.03. The molecule has 1 amide bonds. The van der Waals surface area contributed by atoms with Crippen LogP contribution in [0.3, 0.4) is 0 Å². The maximum Gasteiger partial charge on any atom is 0.234 e. The van der Waals surface area contributed by atoms with Crippen LogP contribution in [-0.2, 0) is 4.79 Å². The molecule has 0 aromatic rings. The van der Waals surface area contributed by atoms with Gasteiger partial charge in [0.2, 0.25) is 5.91 Å². The van der Waals surface area contributed by atoms with Gasteiger partial charge in [-0.3, -0.25) is 10.2 Å². The van der Waals surface area contributed by atoms with Gasteiger partial charge in [0.15, 0.2) is 0 Å². The summed E-state index contributed by atoms with van der Waals surface area (Å²) in [5.74, 6) is -0.00241. The number of hydrogen-bond donors (Lipinski definition) is 2. The zero-order chi connectivity index (χ0) is 7.11. The summed E-state index contributed by atoms with van der Waals surface area (Å²) in [5, 5.41) is 0. The highest BCUT2D eigenvalue weighted by Crippen LogP contribution is 1.86. The standard InChI is InChI=1S/C6H12N2O/c1-3-4-5-6(9)8-7-2/h3,7H,1,4-5H2,2H3,(H,8,9). The lowest BCUT2D eigenvalue weighted by atomic mass is 10.3. The monoisotopic (exact) mass is 128 g/mol. The molecule has 0 atom stereocenters. The average molecular weight is 128 g/mol. The van der Waals surface area contributed by atoms with Crippen molar-refractivity contribution in [1.82, 2.24) is 10.9 Å². The van der Waals surface area contributed by atoms with Crippen LogP contribution in [-0.4, -0.2) is 13.0 Å². The van der Waals surface area contributed by atoms with Crippen LogP contribution in [0.1, 0.15) is 12.8 Å². The molecule has 52 valence electrons. The molecule has 2 N–H and O–H groups in total. The summed E-state index contributed by atoms with van der Waals surface area (Å²) in [7, 11) is 1.66. The topological polar surface area (TPSA) is 41.1 Å². The fourth-order valence-electron chi connectivity index (χ4n) is 0.435. The van der Waals surface area contributed by atoms with Crippen LogP contribution in [0.4, 0.5) is 0 Å². The van der Waals surface area contributed by atoms with E-state index in [-0.39, 0.29) is 5.91 Å². The second-order valence-corrected chi connectivity index (χ2v) is 1.63. The summed E-state index contributed by atoms with van der Waals surface area (Å²) < 4.78 is 0. The van der Waals surface area contributed by atoms with Gasteiger partial charge in [0.1, 0.15) is 0 Å². The zero-order valence-corrected chi connectivity index (χ0v) is 5.61. The minimum Gasteiger partial charge on any atom is -0.292 e. The van der Waals surface area contributed by atoms with Crippen molar-refractivity contribution >= 4 is 5.91 Å². The number of carbonyl (C=O) groups is 1. The lowest BCUT2D eigenvalue weighted by Gasteiger charge is -1.98. The van der Waals surface area contributed by atoms with E-state index in [0.29, 0.717) is 6.42 Å². The fraction of sp³-hybridized carbons (Fsp3) is 0.500. The number of hydrogen-bond acceptors (Lipinski definition) is 2. The Morgan fingerprint density at radius 2 is 2.44 bits per heavy atom. The van der Waals surface area contributed by atoms with Gasteiger partial charge >= 0.3 is 0 Å². The number of rotatable bonds is 4. The Bertz CT molecular complexity index is 101. The summed E-state index contributed by atoms with van der Waals surface area (Å²) in [6.07, 6.45) is 2.95. The van der Waals surface area contributed by atoms with Gasteiger partial charge in [-0.05, 0) is 6.42 Å². The Kier molecular flexibility index (Phi) is 4.82. The summed E-state index contributed by atoms with van der Waals surface area (Å²) in [4.78, 5) is 10.6. The molecule has 0 unspecified atom stereocenters. The minimum atomic E-state index is -0.00241. The van der Waals surface area contributed by atoms with Gasteiger partial charge in [-0.2, -0.15) is 0 Å². The first-order valence-corrected chi connectivity index (χ1v) is 2.87. The van der Waals surface area contributed by atoms with Crippen LogP contribution in [0.25, 0.3) is 0 Å². The van der Waals surface area contributed by atoms with Gasteiger partial charge in [0.05, 0.1) is 0 Å². The van der Waals surface area contributed by atoms with Crippen LogP contribution in [0.2, 0.25) is 0 Å². The summed E-state index contributed by atoms with van der Waals surface area (Å²) in [6, 6.07) is 0. The first-order chi connectivity index (χ1) is 4.31. The maximum absolute atomic E-state index is 10.6. The number of amides is 1. The highest BCUT2D eigenvalue weighted by molar-refractivity contribution is 5.75. The van der Waals surface area contributed by atoms with Crippen LogP contribution in [0, 0.1) is 0 Å². The number of allylic oxidation sites excluding steroid dienone is 1. The summed E-state index contributed by atoms with van der Waals surface area (Å²) in [5.41, 5.74) is 4.99. The molecular weight excluding hydrogens is 116 g/mol. The van der Waals surface area contributed by atoms with E-state index in [1.54, 1.807) is 13.1 Å². The molecule has 3 heteroatoms. The number of nitrogens with one attached hydrogen (secondary N) is 2. The molecule has 0 rings (SSSR count). The molecule has 0 aliphatic rings. The van der Waals surface area contributed by atoms with E-state index >= 15 is 0 Å². The lowest BCUT2D eigenvalue weighted by Crippen LogP contribution is -2.33. The van der Waals surface area contributed by atoms with Gasteiger partial charge in [-0.15, -0.1) is 6.58 Å². The molecule has 3 nitrogen and oxygen atoms in total. The molecule has 0 saturated heterocycles. The number of carbonyl (C=O) groups excluding carboxylic acids is 1. The molecule has 0 radical (unpaired) electrons. The van der Waals surface area contributed by atoms with E-state index in [0.717, 1.165) is 6.42 Å². The molecular formula is C6H12N2O. The van der Waals surface area contributed by atoms with E-state index in [9.17, 15) is 4.79 Å². The van der Waals surface area contributed by atoms with Crippen molar-refractivity contribution < 1.29 is 4.79 Å². The van der Waals surface area contributed by atoms with Crippen LogP contribution in [0.15, 0.2) is 12.7 Å². The quantitative estimate of drug-likeness (QED) is 0.419. The zero-order valence-electron chi connectivity index (χ0n) is 5.61. The van der Waals surface area contributed by atoms with Crippen molar-refractivity contribution in [3.63, 3.8) is 0 Å². The van der Waals surface area contributed by atoms with Crippen molar-refractivity contribution in [1.29, 1.82) is 0 Å². The molecule has 0 bridgehead atoms. The van der Waals surface area contributed by atoms with Gasteiger partial charge < -0.3 is 0 Å². The molecule has 0 aromatic carbocycles. The Balaban J connectivity index is 3.16. The van der Waals surface area contributed by atoms with Crippen LogP contribution in [0.5, 0.6) is 0 Å². The normalized spacial score (nSPS) is 8.56. The van der Waals surface area contributed by atoms with E-state index in [1.807, 2.05) is 0 Å². The highest BCUT2D eigenvalue weighted by atomic mass is 16.2. The van der Waals surface area contributed by atoms with E-state index in [1.165, 1.54) is 0 Å². The van der Waals surface area contributed by atoms with E-state index < -0.39 is 0 Å². The van der Waals surface area contributed by atoms with E-state index in [2.05, 4.69) is 17.4 Å².